The van der Waals surface area contributed by atoms with Crippen molar-refractivity contribution in [2.75, 3.05) is 43.0 Å². The fourth-order valence-electron chi connectivity index (χ4n) is 4.34. The van der Waals surface area contributed by atoms with Crippen LogP contribution in [0.25, 0.3) is 0 Å². The standard InChI is InChI=1S/C20H29N3OS/c1-15-2-3-16(14-23-8-10-25-11-9-23)12-18(15)22-19(24)17-13-20(17)4-6-21-7-5-20/h2-3,12,17,21H,4-11,13-14H2,1H3,(H,22,24). The van der Waals surface area contributed by atoms with Crippen LogP contribution >= 0.6 is 11.8 Å². The van der Waals surface area contributed by atoms with E-state index in [9.17, 15) is 4.79 Å². The van der Waals surface area contributed by atoms with Gasteiger partial charge in [0.05, 0.1) is 0 Å². The van der Waals surface area contributed by atoms with E-state index in [1.807, 2.05) is 11.8 Å². The SMILES string of the molecule is Cc1ccc(CN2CCSCC2)cc1NC(=O)C1CC12CCNCC2. The van der Waals surface area contributed by atoms with Gasteiger partial charge >= 0.3 is 0 Å². The minimum absolute atomic E-state index is 0.219. The normalized spacial score (nSPS) is 25.7. The van der Waals surface area contributed by atoms with E-state index in [-0.39, 0.29) is 11.8 Å². The first-order chi connectivity index (χ1) is 12.2. The number of piperidine rings is 1. The Morgan fingerprint density at radius 2 is 2.08 bits per heavy atom. The van der Waals surface area contributed by atoms with Crippen molar-refractivity contribution in [3.05, 3.63) is 29.3 Å². The summed E-state index contributed by atoms with van der Waals surface area (Å²) in [5, 5.41) is 6.65. The molecule has 2 saturated heterocycles. The molecule has 25 heavy (non-hydrogen) atoms. The van der Waals surface area contributed by atoms with Gasteiger partial charge in [-0.1, -0.05) is 12.1 Å². The monoisotopic (exact) mass is 359 g/mol. The summed E-state index contributed by atoms with van der Waals surface area (Å²) in [6, 6.07) is 6.54. The third-order valence-corrected chi connectivity index (χ3v) is 7.12. The molecule has 1 amide bonds. The van der Waals surface area contributed by atoms with E-state index in [1.54, 1.807) is 0 Å². The molecule has 2 heterocycles. The van der Waals surface area contributed by atoms with Gasteiger partial charge in [0.1, 0.15) is 0 Å². The minimum atomic E-state index is 0.219. The van der Waals surface area contributed by atoms with Crippen LogP contribution in [0.4, 0.5) is 5.69 Å². The van der Waals surface area contributed by atoms with Crippen LogP contribution in [0.5, 0.6) is 0 Å². The molecule has 0 radical (unpaired) electrons. The van der Waals surface area contributed by atoms with Crippen molar-refractivity contribution in [1.82, 2.24) is 10.2 Å². The number of rotatable bonds is 4. The lowest BCUT2D eigenvalue weighted by atomic mass is 9.91. The number of nitrogens with one attached hydrogen (secondary N) is 2. The highest BCUT2D eigenvalue weighted by atomic mass is 32.2. The molecule has 1 aromatic rings. The molecule has 2 N–H and O–H groups in total. The summed E-state index contributed by atoms with van der Waals surface area (Å²) < 4.78 is 0. The van der Waals surface area contributed by atoms with E-state index >= 15 is 0 Å². The summed E-state index contributed by atoms with van der Waals surface area (Å²) >= 11 is 2.04. The molecule has 1 aliphatic carbocycles. The van der Waals surface area contributed by atoms with E-state index in [0.717, 1.165) is 50.1 Å². The largest absolute Gasteiger partial charge is 0.326 e. The molecular formula is C20H29N3OS. The number of carbonyl (C=O) groups is 1. The van der Waals surface area contributed by atoms with Crippen molar-refractivity contribution < 1.29 is 4.79 Å². The third kappa shape index (κ3) is 3.88. The maximum Gasteiger partial charge on any atom is 0.228 e. The van der Waals surface area contributed by atoms with Gasteiger partial charge in [-0.25, -0.2) is 0 Å². The summed E-state index contributed by atoms with van der Waals surface area (Å²) in [5.41, 5.74) is 3.77. The van der Waals surface area contributed by atoms with Gasteiger partial charge in [-0.15, -0.1) is 0 Å². The van der Waals surface area contributed by atoms with E-state index in [1.165, 1.54) is 30.2 Å². The Morgan fingerprint density at radius 3 is 2.84 bits per heavy atom. The summed E-state index contributed by atoms with van der Waals surface area (Å²) in [6.07, 6.45) is 3.37. The molecule has 3 fully saturated rings. The molecule has 1 unspecified atom stereocenters. The third-order valence-electron chi connectivity index (χ3n) is 6.18. The van der Waals surface area contributed by atoms with E-state index in [0.29, 0.717) is 5.41 Å². The maximum absolute atomic E-state index is 12.8. The van der Waals surface area contributed by atoms with Gasteiger partial charge in [-0.3, -0.25) is 9.69 Å². The predicted octanol–water partition coefficient (Wildman–Crippen LogP) is 2.87. The number of aryl methyl sites for hydroxylation is 1. The van der Waals surface area contributed by atoms with Gasteiger partial charge in [0.25, 0.3) is 0 Å². The predicted molar refractivity (Wildman–Crippen MR) is 105 cm³/mol. The zero-order valence-electron chi connectivity index (χ0n) is 15.1. The number of carbonyl (C=O) groups excluding carboxylic acids is 1. The molecule has 2 aliphatic heterocycles. The number of hydrogen-bond acceptors (Lipinski definition) is 4. The fourth-order valence-corrected chi connectivity index (χ4v) is 5.31. The second-order valence-corrected chi connectivity index (χ2v) is 9.12. The summed E-state index contributed by atoms with van der Waals surface area (Å²) in [7, 11) is 0. The van der Waals surface area contributed by atoms with E-state index < -0.39 is 0 Å². The molecule has 1 atom stereocenters. The number of hydrogen-bond donors (Lipinski definition) is 2. The first-order valence-electron chi connectivity index (χ1n) is 9.58. The summed E-state index contributed by atoms with van der Waals surface area (Å²) in [5.74, 6) is 2.91. The first kappa shape index (κ1) is 17.4. The molecule has 0 aromatic heterocycles. The highest BCUT2D eigenvalue weighted by Gasteiger charge is 2.57. The van der Waals surface area contributed by atoms with Crippen molar-refractivity contribution in [2.45, 2.75) is 32.7 Å². The van der Waals surface area contributed by atoms with Crippen LogP contribution in [0.3, 0.4) is 0 Å². The second-order valence-electron chi connectivity index (χ2n) is 7.90. The van der Waals surface area contributed by atoms with Crippen molar-refractivity contribution in [3.63, 3.8) is 0 Å². The Morgan fingerprint density at radius 1 is 1.32 bits per heavy atom. The van der Waals surface area contributed by atoms with Crippen LogP contribution in [0, 0.1) is 18.3 Å². The molecule has 3 aliphatic rings. The second kappa shape index (κ2) is 7.29. The molecule has 1 spiro atoms. The van der Waals surface area contributed by atoms with Crippen LogP contribution in [0.2, 0.25) is 0 Å². The van der Waals surface area contributed by atoms with Crippen LogP contribution in [-0.2, 0) is 11.3 Å². The fraction of sp³-hybridized carbons (Fsp3) is 0.650. The lowest BCUT2D eigenvalue weighted by Crippen LogP contribution is -2.32. The lowest BCUT2D eigenvalue weighted by molar-refractivity contribution is -0.118. The zero-order valence-corrected chi connectivity index (χ0v) is 16.0. The average Bonchev–Trinajstić information content (AvgIpc) is 3.32. The van der Waals surface area contributed by atoms with Crippen molar-refractivity contribution in [1.29, 1.82) is 0 Å². The Hall–Kier alpha value is -1.04. The van der Waals surface area contributed by atoms with Gasteiger partial charge in [-0.05, 0) is 61.9 Å². The molecular weight excluding hydrogens is 330 g/mol. The maximum atomic E-state index is 12.8. The van der Waals surface area contributed by atoms with Crippen molar-refractivity contribution >= 4 is 23.4 Å². The van der Waals surface area contributed by atoms with Gasteiger partial charge in [0, 0.05) is 42.7 Å². The number of nitrogens with zero attached hydrogens (tertiary/aromatic N) is 1. The van der Waals surface area contributed by atoms with Crippen molar-refractivity contribution in [2.24, 2.45) is 11.3 Å². The Kier molecular flexibility index (Phi) is 5.07. The Bertz CT molecular complexity index is 636. The van der Waals surface area contributed by atoms with Gasteiger partial charge in [0.2, 0.25) is 5.91 Å². The molecule has 136 valence electrons. The summed E-state index contributed by atoms with van der Waals surface area (Å²) in [4.78, 5) is 15.3. The van der Waals surface area contributed by atoms with Gasteiger partial charge in [-0.2, -0.15) is 11.8 Å². The Balaban J connectivity index is 1.39. The summed E-state index contributed by atoms with van der Waals surface area (Å²) in [6.45, 7) is 7.53. The minimum Gasteiger partial charge on any atom is -0.326 e. The first-order valence-corrected chi connectivity index (χ1v) is 10.7. The quantitative estimate of drug-likeness (QED) is 0.868. The highest BCUT2D eigenvalue weighted by Crippen LogP contribution is 2.58. The average molecular weight is 360 g/mol. The number of anilines is 1. The Labute approximate surface area is 155 Å². The van der Waals surface area contributed by atoms with Crippen LogP contribution in [0.15, 0.2) is 18.2 Å². The van der Waals surface area contributed by atoms with E-state index in [4.69, 9.17) is 0 Å². The highest BCUT2D eigenvalue weighted by molar-refractivity contribution is 7.99. The smallest absolute Gasteiger partial charge is 0.228 e. The molecule has 1 saturated carbocycles. The van der Waals surface area contributed by atoms with E-state index in [2.05, 4.69) is 40.7 Å². The van der Waals surface area contributed by atoms with Crippen LogP contribution in [-0.4, -0.2) is 48.5 Å². The van der Waals surface area contributed by atoms with Gasteiger partial charge in [0.15, 0.2) is 0 Å². The number of amides is 1. The van der Waals surface area contributed by atoms with Gasteiger partial charge < -0.3 is 10.6 Å². The van der Waals surface area contributed by atoms with Crippen molar-refractivity contribution in [3.8, 4) is 0 Å². The molecule has 5 heteroatoms. The van der Waals surface area contributed by atoms with Crippen LogP contribution in [0.1, 0.15) is 30.4 Å². The van der Waals surface area contributed by atoms with Crippen LogP contribution < -0.4 is 10.6 Å². The topological polar surface area (TPSA) is 44.4 Å². The number of thioether (sulfide) groups is 1. The molecule has 4 rings (SSSR count). The molecule has 4 nitrogen and oxygen atoms in total. The molecule has 1 aromatic carbocycles. The zero-order chi connectivity index (χ0) is 17.3. The lowest BCUT2D eigenvalue weighted by Gasteiger charge is -2.26. The molecule has 0 bridgehead atoms. The number of benzene rings is 1.